The van der Waals surface area contributed by atoms with Crippen LogP contribution in [0, 0.1) is 0 Å². The van der Waals surface area contributed by atoms with Crippen LogP contribution in [0.15, 0.2) is 60.7 Å². The lowest BCUT2D eigenvalue weighted by molar-refractivity contribution is -0.208. The average Bonchev–Trinajstić information content (AvgIpc) is 2.60. The SMILES string of the molecule is O=C(NNOC(=O)C(F)(F)F)NC(c1ccccc1)c1ccccc1. The Hall–Kier alpha value is -3.07. The number of alkyl halides is 3. The van der Waals surface area contributed by atoms with E-state index < -0.39 is 24.2 Å². The Labute approximate surface area is 140 Å². The van der Waals surface area contributed by atoms with Crippen molar-refractivity contribution < 1.29 is 27.6 Å². The minimum atomic E-state index is -5.16. The van der Waals surface area contributed by atoms with Gasteiger partial charge in [-0.3, -0.25) is 0 Å². The van der Waals surface area contributed by atoms with Crippen LogP contribution in [0.3, 0.4) is 0 Å². The molecule has 3 N–H and O–H groups in total. The van der Waals surface area contributed by atoms with E-state index in [1.807, 2.05) is 17.6 Å². The number of hydrazine groups is 1. The second-order valence-corrected chi connectivity index (χ2v) is 4.84. The highest BCUT2D eigenvalue weighted by Gasteiger charge is 2.41. The van der Waals surface area contributed by atoms with Crippen molar-refractivity contribution >= 4 is 12.0 Å². The van der Waals surface area contributed by atoms with E-state index >= 15 is 0 Å². The van der Waals surface area contributed by atoms with Gasteiger partial charge in [-0.05, 0) is 11.1 Å². The van der Waals surface area contributed by atoms with E-state index in [0.717, 1.165) is 11.1 Å². The molecule has 0 aromatic heterocycles. The van der Waals surface area contributed by atoms with Gasteiger partial charge in [0.05, 0.1) is 6.04 Å². The molecule has 0 heterocycles. The highest BCUT2D eigenvalue weighted by Crippen LogP contribution is 2.21. The molecule has 0 saturated heterocycles. The van der Waals surface area contributed by atoms with Gasteiger partial charge in [-0.2, -0.15) is 13.2 Å². The van der Waals surface area contributed by atoms with E-state index in [2.05, 4.69) is 10.2 Å². The lowest BCUT2D eigenvalue weighted by Crippen LogP contribution is -2.47. The number of hydrogen-bond acceptors (Lipinski definition) is 4. The highest BCUT2D eigenvalue weighted by molar-refractivity contribution is 5.76. The number of halogens is 3. The average molecular weight is 353 g/mol. The summed E-state index contributed by atoms with van der Waals surface area (Å²) in [5, 5.41) is 2.58. The highest BCUT2D eigenvalue weighted by atomic mass is 19.4. The molecule has 0 aliphatic rings. The second-order valence-electron chi connectivity index (χ2n) is 4.84. The normalized spacial score (nSPS) is 11.0. The molecule has 2 rings (SSSR count). The molecule has 0 bridgehead atoms. The first-order valence-electron chi connectivity index (χ1n) is 7.07. The van der Waals surface area contributed by atoms with Gasteiger partial charge < -0.3 is 10.2 Å². The van der Waals surface area contributed by atoms with Gasteiger partial charge in [-0.15, -0.1) is 0 Å². The summed E-state index contributed by atoms with van der Waals surface area (Å²) in [4.78, 5) is 26.1. The summed E-state index contributed by atoms with van der Waals surface area (Å²) in [6.45, 7) is 0. The van der Waals surface area contributed by atoms with E-state index in [9.17, 15) is 22.8 Å². The molecule has 2 aromatic carbocycles. The molecule has 0 saturated carbocycles. The van der Waals surface area contributed by atoms with Gasteiger partial charge >= 0.3 is 18.2 Å². The summed E-state index contributed by atoms with van der Waals surface area (Å²) in [6.07, 6.45) is -5.16. The van der Waals surface area contributed by atoms with Gasteiger partial charge in [0, 0.05) is 0 Å². The maximum absolute atomic E-state index is 12.0. The Kier molecular flexibility index (Phi) is 5.96. The zero-order valence-electron chi connectivity index (χ0n) is 12.7. The van der Waals surface area contributed by atoms with Crippen molar-refractivity contribution in [3.05, 3.63) is 71.8 Å². The number of benzene rings is 2. The number of rotatable bonds is 5. The zero-order valence-corrected chi connectivity index (χ0v) is 12.7. The van der Waals surface area contributed by atoms with E-state index in [1.54, 1.807) is 48.5 Å². The largest absolute Gasteiger partial charge is 0.492 e. The summed E-state index contributed by atoms with van der Waals surface area (Å²) >= 11 is 0. The fourth-order valence-corrected chi connectivity index (χ4v) is 1.99. The molecule has 9 heteroatoms. The van der Waals surface area contributed by atoms with Crippen LogP contribution in [0.2, 0.25) is 0 Å². The summed E-state index contributed by atoms with van der Waals surface area (Å²) in [5.41, 5.74) is 4.80. The first-order valence-corrected chi connectivity index (χ1v) is 7.07. The lowest BCUT2D eigenvalue weighted by Gasteiger charge is -2.20. The predicted molar refractivity (Wildman–Crippen MR) is 81.7 cm³/mol. The zero-order chi connectivity index (χ0) is 18.3. The van der Waals surface area contributed by atoms with Gasteiger partial charge in [0.1, 0.15) is 0 Å². The Bertz CT molecular complexity index is 669. The molecule has 0 aliphatic carbocycles. The number of amides is 2. The van der Waals surface area contributed by atoms with Crippen molar-refractivity contribution in [2.24, 2.45) is 0 Å². The molecule has 0 atom stereocenters. The van der Waals surface area contributed by atoms with Crippen LogP contribution in [0.1, 0.15) is 17.2 Å². The van der Waals surface area contributed by atoms with Gasteiger partial charge in [0.25, 0.3) is 0 Å². The van der Waals surface area contributed by atoms with Crippen molar-refractivity contribution in [1.82, 2.24) is 16.3 Å². The monoisotopic (exact) mass is 353 g/mol. The summed E-state index contributed by atoms with van der Waals surface area (Å²) in [6, 6.07) is 16.5. The van der Waals surface area contributed by atoms with E-state index in [0.29, 0.717) is 0 Å². The third-order valence-corrected chi connectivity index (χ3v) is 3.08. The molecular formula is C16H14F3N3O3. The Morgan fingerprint density at radius 1 is 0.880 bits per heavy atom. The standard InChI is InChI=1S/C16H14F3N3O3/c17-16(18,19)14(23)25-22-21-15(24)20-13(11-7-3-1-4-8-11)12-9-5-2-6-10-12/h1-10,13,22H,(H2,20,21,24). The molecule has 0 unspecified atom stereocenters. The van der Waals surface area contributed by atoms with Gasteiger partial charge in [0.15, 0.2) is 0 Å². The molecule has 0 aliphatic heterocycles. The molecule has 2 amide bonds. The number of nitrogens with one attached hydrogen (secondary N) is 3. The first kappa shape index (κ1) is 18.3. The quantitative estimate of drug-likeness (QED) is 0.722. The van der Waals surface area contributed by atoms with Crippen molar-refractivity contribution in [3.8, 4) is 0 Å². The molecule has 0 radical (unpaired) electrons. The molecule has 0 spiro atoms. The molecule has 2 aromatic rings. The lowest BCUT2D eigenvalue weighted by atomic mass is 9.99. The van der Waals surface area contributed by atoms with Crippen LogP contribution < -0.4 is 16.3 Å². The Balaban J connectivity index is 2.00. The smallest absolute Gasteiger partial charge is 0.343 e. The molecular weight excluding hydrogens is 339 g/mol. The van der Waals surface area contributed by atoms with Crippen molar-refractivity contribution in [2.45, 2.75) is 12.2 Å². The van der Waals surface area contributed by atoms with Crippen LogP contribution in [0.4, 0.5) is 18.0 Å². The van der Waals surface area contributed by atoms with Crippen LogP contribution >= 0.6 is 0 Å². The first-order chi connectivity index (χ1) is 11.9. The van der Waals surface area contributed by atoms with Crippen LogP contribution in [0.25, 0.3) is 0 Å². The second kappa shape index (κ2) is 8.15. The Morgan fingerprint density at radius 2 is 1.36 bits per heavy atom. The summed E-state index contributed by atoms with van der Waals surface area (Å²) in [7, 11) is 0. The summed E-state index contributed by atoms with van der Waals surface area (Å²) in [5.74, 6) is -2.48. The van der Waals surface area contributed by atoms with Gasteiger partial charge in [0.2, 0.25) is 0 Å². The topological polar surface area (TPSA) is 79.5 Å². The fourth-order valence-electron chi connectivity index (χ4n) is 1.99. The van der Waals surface area contributed by atoms with Gasteiger partial charge in [-0.1, -0.05) is 66.3 Å². The van der Waals surface area contributed by atoms with Crippen LogP contribution in [0.5, 0.6) is 0 Å². The number of urea groups is 1. The van der Waals surface area contributed by atoms with E-state index in [1.165, 1.54) is 5.59 Å². The third-order valence-electron chi connectivity index (χ3n) is 3.08. The van der Waals surface area contributed by atoms with E-state index in [4.69, 9.17) is 0 Å². The van der Waals surface area contributed by atoms with Crippen LogP contribution in [-0.4, -0.2) is 18.2 Å². The maximum Gasteiger partial charge on any atom is 0.492 e. The molecule has 25 heavy (non-hydrogen) atoms. The molecule has 6 nitrogen and oxygen atoms in total. The molecule has 0 fully saturated rings. The van der Waals surface area contributed by atoms with Crippen molar-refractivity contribution in [2.75, 3.05) is 0 Å². The maximum atomic E-state index is 12.0. The number of hydrogen-bond donors (Lipinski definition) is 3. The molecule has 132 valence electrons. The van der Waals surface area contributed by atoms with Crippen LogP contribution in [-0.2, 0) is 9.63 Å². The van der Waals surface area contributed by atoms with Crippen molar-refractivity contribution in [1.29, 1.82) is 0 Å². The minimum Gasteiger partial charge on any atom is -0.343 e. The summed E-state index contributed by atoms with van der Waals surface area (Å²) < 4.78 is 36.0. The van der Waals surface area contributed by atoms with E-state index in [-0.39, 0.29) is 0 Å². The minimum absolute atomic E-state index is 0.553. The van der Waals surface area contributed by atoms with Crippen molar-refractivity contribution in [3.63, 3.8) is 0 Å². The predicted octanol–water partition coefficient (Wildman–Crippen LogP) is 2.60. The number of carbonyl (C=O) groups excluding carboxylic acids is 2. The third kappa shape index (κ3) is 5.50. The fraction of sp³-hybridized carbons (Fsp3) is 0.125. The number of carbonyl (C=O) groups is 2. The Morgan fingerprint density at radius 3 is 1.80 bits per heavy atom. The van der Waals surface area contributed by atoms with Gasteiger partial charge in [-0.25, -0.2) is 15.0 Å².